The van der Waals surface area contributed by atoms with Crippen LogP contribution in [0.15, 0.2) is 0 Å². The third-order valence-corrected chi connectivity index (χ3v) is 3.13. The number of hydrogen-bond donors (Lipinski definition) is 1. The Hall–Kier alpha value is -1.08. The Morgan fingerprint density at radius 3 is 2.67 bits per heavy atom. The molecule has 1 heterocycles. The van der Waals surface area contributed by atoms with Crippen LogP contribution >= 0.6 is 0 Å². The molecule has 0 bridgehead atoms. The van der Waals surface area contributed by atoms with Crippen LogP contribution in [0.25, 0.3) is 0 Å². The van der Waals surface area contributed by atoms with Gasteiger partial charge in [-0.15, -0.1) is 0 Å². The summed E-state index contributed by atoms with van der Waals surface area (Å²) in [5.41, 5.74) is 0.0380. The van der Waals surface area contributed by atoms with E-state index in [1.807, 2.05) is 0 Å². The molecule has 4 nitrogen and oxygen atoms in total. The van der Waals surface area contributed by atoms with Crippen molar-refractivity contribution in [2.45, 2.75) is 26.7 Å². The summed E-state index contributed by atoms with van der Waals surface area (Å²) in [6.07, 6.45) is 2.07. The summed E-state index contributed by atoms with van der Waals surface area (Å²) < 4.78 is 5.30. The highest BCUT2D eigenvalue weighted by atomic mass is 16.5. The van der Waals surface area contributed by atoms with Crippen LogP contribution in [0.4, 0.5) is 0 Å². The lowest BCUT2D eigenvalue weighted by molar-refractivity contribution is -0.116. The van der Waals surface area contributed by atoms with E-state index in [4.69, 9.17) is 10.00 Å². The zero-order valence-electron chi connectivity index (χ0n) is 9.38. The van der Waals surface area contributed by atoms with Crippen molar-refractivity contribution in [3.05, 3.63) is 0 Å². The van der Waals surface area contributed by atoms with Gasteiger partial charge in [-0.3, -0.25) is 4.79 Å². The molecule has 1 amide bonds. The van der Waals surface area contributed by atoms with Crippen molar-refractivity contribution in [3.63, 3.8) is 0 Å². The molecule has 0 spiro atoms. The van der Waals surface area contributed by atoms with Crippen LogP contribution in [0.3, 0.4) is 0 Å². The smallest absolute Gasteiger partial charge is 0.322 e. The van der Waals surface area contributed by atoms with E-state index in [-0.39, 0.29) is 5.41 Å². The molecule has 0 atom stereocenters. The molecule has 0 radical (unpaired) electrons. The second kappa shape index (κ2) is 5.13. The first kappa shape index (κ1) is 12.0. The Balaban J connectivity index is 2.43. The zero-order chi connectivity index (χ0) is 11.3. The number of amides is 1. The van der Waals surface area contributed by atoms with Crippen molar-refractivity contribution in [2.75, 3.05) is 19.8 Å². The minimum atomic E-state index is -0.546. The van der Waals surface area contributed by atoms with Crippen LogP contribution in [0, 0.1) is 22.7 Å². The third-order valence-electron chi connectivity index (χ3n) is 3.13. The van der Waals surface area contributed by atoms with Gasteiger partial charge in [-0.05, 0) is 24.2 Å². The Morgan fingerprint density at radius 2 is 2.13 bits per heavy atom. The molecule has 0 unspecified atom stereocenters. The molecule has 84 valence electrons. The minimum Gasteiger partial charge on any atom is -0.381 e. The Labute approximate surface area is 90.6 Å². The van der Waals surface area contributed by atoms with Gasteiger partial charge < -0.3 is 10.1 Å². The van der Waals surface area contributed by atoms with Crippen LogP contribution in [-0.2, 0) is 9.53 Å². The molecule has 0 aromatic heterocycles. The summed E-state index contributed by atoms with van der Waals surface area (Å²) in [5.74, 6) is 0.0142. The molecular weight excluding hydrogens is 192 g/mol. The summed E-state index contributed by atoms with van der Waals surface area (Å²) in [5, 5.41) is 11.0. The first-order valence-electron chi connectivity index (χ1n) is 5.32. The fourth-order valence-corrected chi connectivity index (χ4v) is 1.97. The minimum absolute atomic E-state index is 0.0380. The predicted molar refractivity (Wildman–Crippen MR) is 55.9 cm³/mol. The third kappa shape index (κ3) is 3.52. The van der Waals surface area contributed by atoms with E-state index >= 15 is 0 Å². The zero-order valence-corrected chi connectivity index (χ0v) is 9.38. The summed E-state index contributed by atoms with van der Waals surface area (Å²) in [7, 11) is 0. The fourth-order valence-electron chi connectivity index (χ4n) is 1.97. The second-order valence-corrected chi connectivity index (χ2v) is 4.67. The van der Waals surface area contributed by atoms with Crippen LogP contribution in [0.5, 0.6) is 0 Å². The van der Waals surface area contributed by atoms with Crippen LogP contribution in [-0.4, -0.2) is 25.7 Å². The number of carbonyl (C=O) groups is 1. The van der Waals surface area contributed by atoms with Crippen molar-refractivity contribution in [2.24, 2.45) is 11.3 Å². The van der Waals surface area contributed by atoms with Gasteiger partial charge in [0.15, 0.2) is 6.07 Å². The molecule has 0 aliphatic carbocycles. The number of hydrogen-bond acceptors (Lipinski definition) is 3. The van der Waals surface area contributed by atoms with Gasteiger partial charge in [-0.2, -0.15) is 5.26 Å². The molecule has 1 N–H and O–H groups in total. The molecule has 4 heteroatoms. The van der Waals surface area contributed by atoms with Crippen LogP contribution in [0.2, 0.25) is 0 Å². The molecule has 0 aromatic carbocycles. The van der Waals surface area contributed by atoms with Crippen molar-refractivity contribution in [3.8, 4) is 6.07 Å². The van der Waals surface area contributed by atoms with E-state index in [0.717, 1.165) is 26.1 Å². The first-order valence-corrected chi connectivity index (χ1v) is 5.32. The van der Waals surface area contributed by atoms with Crippen molar-refractivity contribution in [1.29, 1.82) is 5.26 Å². The maximum atomic E-state index is 10.8. The average molecular weight is 210 g/mol. The molecule has 15 heavy (non-hydrogen) atoms. The maximum absolute atomic E-state index is 10.8. The number of ether oxygens (including phenoxy) is 1. The lowest BCUT2D eigenvalue weighted by atomic mass is 9.74. The quantitative estimate of drug-likeness (QED) is 0.709. The summed E-state index contributed by atoms with van der Waals surface area (Å²) in [6.45, 7) is 6.42. The van der Waals surface area contributed by atoms with Gasteiger partial charge in [0, 0.05) is 19.8 Å². The van der Waals surface area contributed by atoms with E-state index in [2.05, 4.69) is 19.2 Å². The SMILES string of the molecule is CC(C)(CNC(=O)C#N)C1CCOCC1. The van der Waals surface area contributed by atoms with E-state index in [1.54, 1.807) is 6.07 Å². The van der Waals surface area contributed by atoms with Crippen molar-refractivity contribution in [1.82, 2.24) is 5.32 Å². The highest BCUT2D eigenvalue weighted by Crippen LogP contribution is 2.33. The van der Waals surface area contributed by atoms with Gasteiger partial charge in [-0.25, -0.2) is 0 Å². The van der Waals surface area contributed by atoms with Gasteiger partial charge in [0.25, 0.3) is 0 Å². The van der Waals surface area contributed by atoms with Crippen molar-refractivity contribution < 1.29 is 9.53 Å². The van der Waals surface area contributed by atoms with E-state index in [9.17, 15) is 4.79 Å². The second-order valence-electron chi connectivity index (χ2n) is 4.67. The van der Waals surface area contributed by atoms with Crippen LogP contribution < -0.4 is 5.32 Å². The molecular formula is C11H18N2O2. The normalized spacial score (nSPS) is 18.2. The molecule has 1 fully saturated rings. The number of nitrogens with one attached hydrogen (secondary N) is 1. The first-order chi connectivity index (χ1) is 7.06. The van der Waals surface area contributed by atoms with Gasteiger partial charge in [-0.1, -0.05) is 13.8 Å². The fraction of sp³-hybridized carbons (Fsp3) is 0.818. The molecule has 1 rings (SSSR count). The summed E-state index contributed by atoms with van der Waals surface area (Å²) in [4.78, 5) is 10.8. The molecule has 1 aliphatic rings. The lowest BCUT2D eigenvalue weighted by Crippen LogP contribution is -2.40. The molecule has 0 saturated carbocycles. The molecule has 0 aromatic rings. The summed E-state index contributed by atoms with van der Waals surface area (Å²) >= 11 is 0. The number of nitrogens with zero attached hydrogens (tertiary/aromatic N) is 1. The Kier molecular flexibility index (Phi) is 4.10. The summed E-state index contributed by atoms with van der Waals surface area (Å²) in [6, 6.07) is 1.57. The Morgan fingerprint density at radius 1 is 1.53 bits per heavy atom. The Bertz CT molecular complexity index is 262. The average Bonchev–Trinajstić information content (AvgIpc) is 2.27. The number of carbonyl (C=O) groups excluding carboxylic acids is 1. The van der Waals surface area contributed by atoms with E-state index < -0.39 is 5.91 Å². The molecule has 1 aliphatic heterocycles. The van der Waals surface area contributed by atoms with Gasteiger partial charge in [0.05, 0.1) is 0 Å². The highest BCUT2D eigenvalue weighted by Gasteiger charge is 2.31. The monoisotopic (exact) mass is 210 g/mol. The number of nitriles is 1. The van der Waals surface area contributed by atoms with Gasteiger partial charge in [0.2, 0.25) is 0 Å². The molecule has 1 saturated heterocycles. The van der Waals surface area contributed by atoms with E-state index in [0.29, 0.717) is 12.5 Å². The topological polar surface area (TPSA) is 62.1 Å². The van der Waals surface area contributed by atoms with Crippen molar-refractivity contribution >= 4 is 5.91 Å². The van der Waals surface area contributed by atoms with Crippen LogP contribution in [0.1, 0.15) is 26.7 Å². The lowest BCUT2D eigenvalue weighted by Gasteiger charge is -2.36. The van der Waals surface area contributed by atoms with Gasteiger partial charge >= 0.3 is 5.91 Å². The van der Waals surface area contributed by atoms with E-state index in [1.165, 1.54) is 0 Å². The number of rotatable bonds is 3. The standard InChI is InChI=1S/C11H18N2O2/c1-11(2,8-13-10(14)7-12)9-3-5-15-6-4-9/h9H,3-6,8H2,1-2H3,(H,13,14). The maximum Gasteiger partial charge on any atom is 0.322 e. The van der Waals surface area contributed by atoms with Gasteiger partial charge in [0.1, 0.15) is 0 Å². The highest BCUT2D eigenvalue weighted by molar-refractivity contribution is 5.91. The largest absolute Gasteiger partial charge is 0.381 e. The predicted octanol–water partition coefficient (Wildman–Crippen LogP) is 1.08.